The van der Waals surface area contributed by atoms with Crippen LogP contribution in [0.4, 0.5) is 5.69 Å². The van der Waals surface area contributed by atoms with Crippen molar-refractivity contribution in [1.82, 2.24) is 0 Å². The van der Waals surface area contributed by atoms with Crippen LogP contribution in [-0.2, 0) is 11.3 Å². The Hall–Kier alpha value is -2.51. The van der Waals surface area contributed by atoms with Gasteiger partial charge in [0.1, 0.15) is 11.8 Å². The second-order valence-corrected chi connectivity index (χ2v) is 4.61. The van der Waals surface area contributed by atoms with Crippen molar-refractivity contribution in [2.24, 2.45) is 0 Å². The van der Waals surface area contributed by atoms with Crippen LogP contribution in [-0.4, -0.2) is 14.2 Å². The maximum Gasteiger partial charge on any atom is 0.140 e. The molecule has 108 valence electrons. The molecule has 2 rings (SSSR count). The third-order valence-electron chi connectivity index (χ3n) is 3.13. The van der Waals surface area contributed by atoms with Crippen LogP contribution in [0.25, 0.3) is 0 Å². The van der Waals surface area contributed by atoms with Crippen LogP contribution in [0.2, 0.25) is 0 Å². The normalized spacial score (nSPS) is 11.5. The van der Waals surface area contributed by atoms with Crippen molar-refractivity contribution >= 4 is 5.69 Å². The Labute approximate surface area is 124 Å². The predicted molar refractivity (Wildman–Crippen MR) is 82.1 cm³/mol. The molecule has 0 radical (unpaired) electrons. The van der Waals surface area contributed by atoms with Crippen LogP contribution >= 0.6 is 0 Å². The van der Waals surface area contributed by atoms with Gasteiger partial charge in [-0.15, -0.1) is 0 Å². The molecule has 0 aliphatic heterocycles. The van der Waals surface area contributed by atoms with Crippen molar-refractivity contribution in [3.63, 3.8) is 0 Å². The van der Waals surface area contributed by atoms with Crippen molar-refractivity contribution in [2.45, 2.75) is 12.6 Å². The summed E-state index contributed by atoms with van der Waals surface area (Å²) in [6.07, 6.45) is 0. The minimum atomic E-state index is -0.409. The lowest BCUT2D eigenvalue weighted by Gasteiger charge is -2.14. The Kier molecular flexibility index (Phi) is 5.19. The number of nitriles is 1. The average Bonchev–Trinajstić information content (AvgIpc) is 2.54. The number of methoxy groups -OCH3 is 2. The molecule has 0 aromatic heterocycles. The Morgan fingerprint density at radius 2 is 1.90 bits per heavy atom. The van der Waals surface area contributed by atoms with Gasteiger partial charge < -0.3 is 14.8 Å². The molecule has 0 bridgehead atoms. The van der Waals surface area contributed by atoms with Crippen molar-refractivity contribution in [1.29, 1.82) is 5.26 Å². The molecular weight excluding hydrogens is 264 g/mol. The number of ether oxygens (including phenoxy) is 2. The lowest BCUT2D eigenvalue weighted by atomic mass is 10.1. The first kappa shape index (κ1) is 14.9. The number of rotatable bonds is 6. The smallest absolute Gasteiger partial charge is 0.140 e. The Morgan fingerprint density at radius 3 is 2.52 bits per heavy atom. The molecule has 0 spiro atoms. The number of nitrogens with zero attached hydrogens (tertiary/aromatic N) is 1. The lowest BCUT2D eigenvalue weighted by molar-refractivity contribution is 0.185. The molecule has 2 aromatic rings. The summed E-state index contributed by atoms with van der Waals surface area (Å²) >= 11 is 0. The van der Waals surface area contributed by atoms with Gasteiger partial charge in [0, 0.05) is 18.9 Å². The molecule has 21 heavy (non-hydrogen) atoms. The summed E-state index contributed by atoms with van der Waals surface area (Å²) in [4.78, 5) is 0. The van der Waals surface area contributed by atoms with Crippen LogP contribution in [0.3, 0.4) is 0 Å². The molecule has 0 saturated carbocycles. The van der Waals surface area contributed by atoms with E-state index in [0.717, 1.165) is 22.6 Å². The maximum absolute atomic E-state index is 9.37. The average molecular weight is 282 g/mol. The second-order valence-electron chi connectivity index (χ2n) is 4.61. The minimum Gasteiger partial charge on any atom is -0.497 e. The zero-order valence-electron chi connectivity index (χ0n) is 12.2. The van der Waals surface area contributed by atoms with Gasteiger partial charge in [-0.05, 0) is 23.3 Å². The fraction of sp³-hybridized carbons (Fsp3) is 0.235. The van der Waals surface area contributed by atoms with E-state index in [-0.39, 0.29) is 0 Å². The topological polar surface area (TPSA) is 54.3 Å². The van der Waals surface area contributed by atoms with Gasteiger partial charge in [0.25, 0.3) is 0 Å². The summed E-state index contributed by atoms with van der Waals surface area (Å²) in [6.45, 7) is 0.570. The second kappa shape index (κ2) is 7.32. The van der Waals surface area contributed by atoms with Crippen molar-refractivity contribution in [3.8, 4) is 11.8 Å². The number of anilines is 1. The van der Waals surface area contributed by atoms with Gasteiger partial charge in [0.05, 0.1) is 19.8 Å². The van der Waals surface area contributed by atoms with E-state index in [1.54, 1.807) is 14.2 Å². The fourth-order valence-corrected chi connectivity index (χ4v) is 2.04. The molecule has 0 fully saturated rings. The highest BCUT2D eigenvalue weighted by molar-refractivity contribution is 5.51. The highest BCUT2D eigenvalue weighted by Gasteiger charge is 2.10. The van der Waals surface area contributed by atoms with Gasteiger partial charge >= 0.3 is 0 Å². The van der Waals surface area contributed by atoms with Gasteiger partial charge in [-0.3, -0.25) is 0 Å². The van der Waals surface area contributed by atoms with Gasteiger partial charge in [0.15, 0.2) is 0 Å². The van der Waals surface area contributed by atoms with E-state index in [0.29, 0.717) is 6.61 Å². The van der Waals surface area contributed by atoms with Crippen LogP contribution in [0.5, 0.6) is 5.75 Å². The Bertz CT molecular complexity index is 617. The molecule has 0 aliphatic rings. The minimum absolute atomic E-state index is 0.409. The summed E-state index contributed by atoms with van der Waals surface area (Å²) < 4.78 is 10.3. The predicted octanol–water partition coefficient (Wildman–Crippen LogP) is 3.52. The molecule has 2 aromatic carbocycles. The van der Waals surface area contributed by atoms with Crippen molar-refractivity contribution < 1.29 is 9.47 Å². The zero-order valence-corrected chi connectivity index (χ0v) is 12.2. The van der Waals surface area contributed by atoms with E-state index in [2.05, 4.69) is 11.4 Å². The van der Waals surface area contributed by atoms with Crippen molar-refractivity contribution in [3.05, 3.63) is 59.7 Å². The third-order valence-corrected chi connectivity index (χ3v) is 3.13. The zero-order chi connectivity index (χ0) is 15.1. The number of nitrogens with one attached hydrogen (secondary N) is 1. The van der Waals surface area contributed by atoms with E-state index in [4.69, 9.17) is 9.47 Å². The van der Waals surface area contributed by atoms with Crippen molar-refractivity contribution in [2.75, 3.05) is 19.5 Å². The summed E-state index contributed by atoms with van der Waals surface area (Å²) in [6, 6.07) is 17.2. The third kappa shape index (κ3) is 3.98. The van der Waals surface area contributed by atoms with E-state index in [1.165, 1.54) is 0 Å². The largest absolute Gasteiger partial charge is 0.497 e. The molecule has 4 heteroatoms. The number of benzene rings is 2. The van der Waals surface area contributed by atoms with Crippen LogP contribution < -0.4 is 10.1 Å². The van der Waals surface area contributed by atoms with Crippen LogP contribution in [0, 0.1) is 11.3 Å². The molecule has 0 aliphatic carbocycles. The summed E-state index contributed by atoms with van der Waals surface area (Å²) in [5, 5.41) is 12.6. The maximum atomic E-state index is 9.37. The SMILES string of the molecule is COCc1ccc(C(C#N)Nc2cccc(OC)c2)cc1. The van der Waals surface area contributed by atoms with E-state index in [1.807, 2.05) is 48.5 Å². The quantitative estimate of drug-likeness (QED) is 0.880. The Morgan fingerprint density at radius 1 is 1.14 bits per heavy atom. The van der Waals surface area contributed by atoms with E-state index < -0.39 is 6.04 Å². The summed E-state index contributed by atoms with van der Waals surface area (Å²) in [7, 11) is 3.28. The van der Waals surface area contributed by atoms with E-state index in [9.17, 15) is 5.26 Å². The first-order chi connectivity index (χ1) is 10.3. The molecule has 4 nitrogen and oxygen atoms in total. The first-order valence-electron chi connectivity index (χ1n) is 6.65. The molecular formula is C17H18N2O2. The van der Waals surface area contributed by atoms with E-state index >= 15 is 0 Å². The molecule has 1 unspecified atom stereocenters. The fourth-order valence-electron chi connectivity index (χ4n) is 2.04. The van der Waals surface area contributed by atoms with Gasteiger partial charge in [0.2, 0.25) is 0 Å². The number of hydrogen-bond acceptors (Lipinski definition) is 4. The lowest BCUT2D eigenvalue weighted by Crippen LogP contribution is -2.08. The molecule has 1 N–H and O–H groups in total. The summed E-state index contributed by atoms with van der Waals surface area (Å²) in [5.41, 5.74) is 2.85. The number of hydrogen-bond donors (Lipinski definition) is 1. The van der Waals surface area contributed by atoms with Crippen LogP contribution in [0.15, 0.2) is 48.5 Å². The van der Waals surface area contributed by atoms with Crippen LogP contribution in [0.1, 0.15) is 17.2 Å². The monoisotopic (exact) mass is 282 g/mol. The molecule has 0 amide bonds. The highest BCUT2D eigenvalue weighted by Crippen LogP contribution is 2.23. The van der Waals surface area contributed by atoms with Gasteiger partial charge in [-0.1, -0.05) is 30.3 Å². The molecule has 1 atom stereocenters. The van der Waals surface area contributed by atoms with Gasteiger partial charge in [-0.25, -0.2) is 0 Å². The first-order valence-corrected chi connectivity index (χ1v) is 6.65. The summed E-state index contributed by atoms with van der Waals surface area (Å²) in [5.74, 6) is 0.757. The standard InChI is InChI=1S/C17H18N2O2/c1-20-12-13-6-8-14(9-7-13)17(11-18)19-15-4-3-5-16(10-15)21-2/h3-10,17,19H,12H2,1-2H3. The molecule has 0 saturated heterocycles. The highest BCUT2D eigenvalue weighted by atomic mass is 16.5. The Balaban J connectivity index is 2.14. The van der Waals surface area contributed by atoms with Gasteiger partial charge in [-0.2, -0.15) is 5.26 Å². The molecule has 0 heterocycles.